The van der Waals surface area contributed by atoms with Crippen LogP contribution in [0.2, 0.25) is 0 Å². The first-order valence-electron chi connectivity index (χ1n) is 8.37. The first-order chi connectivity index (χ1) is 13.5. The van der Waals surface area contributed by atoms with Crippen LogP contribution >= 0.6 is 0 Å². The molecule has 3 aromatic rings. The number of hydrogen-bond donors (Lipinski definition) is 1. The highest BCUT2D eigenvalue weighted by Crippen LogP contribution is 2.24. The number of rotatable bonds is 6. The lowest BCUT2D eigenvalue weighted by molar-refractivity contribution is -0.111. The molecule has 2 aromatic carbocycles. The van der Waals surface area contributed by atoms with E-state index in [-0.39, 0.29) is 15.7 Å². The molecule has 0 aliphatic carbocycles. The van der Waals surface area contributed by atoms with Gasteiger partial charge in [-0.05, 0) is 66.2 Å². The predicted octanol–water partition coefficient (Wildman–Crippen LogP) is 3.57. The molecule has 3 rings (SSSR count). The first kappa shape index (κ1) is 19.3. The third-order valence-corrected chi connectivity index (χ3v) is 5.70. The molecule has 28 heavy (non-hydrogen) atoms. The second-order valence-corrected chi connectivity index (χ2v) is 7.76. The lowest BCUT2D eigenvalue weighted by Gasteiger charge is -2.07. The monoisotopic (exact) mass is 394 g/mol. The zero-order valence-electron chi connectivity index (χ0n) is 15.1. The molecule has 0 radical (unpaired) electrons. The van der Waals surface area contributed by atoms with E-state index in [1.54, 1.807) is 48.8 Å². The van der Waals surface area contributed by atoms with Crippen molar-refractivity contribution >= 4 is 27.5 Å². The number of nitrogens with zero attached hydrogens (tertiary/aromatic N) is 1. The molecular weight excluding hydrogens is 376 g/mol. The molecule has 6 nitrogen and oxygen atoms in total. The number of anilines is 1. The van der Waals surface area contributed by atoms with Crippen molar-refractivity contribution in [1.82, 2.24) is 4.98 Å². The minimum atomic E-state index is -3.64. The SMILES string of the molecule is COc1ccc(S(=O)(=O)c2ccc(NC(=O)/C=C/c3cccnc3)cc2)cc1. The summed E-state index contributed by atoms with van der Waals surface area (Å²) in [5.41, 5.74) is 1.30. The Kier molecular flexibility index (Phi) is 5.86. The fraction of sp³-hybridized carbons (Fsp3) is 0.0476. The van der Waals surface area contributed by atoms with Crippen LogP contribution in [0.1, 0.15) is 5.56 Å². The van der Waals surface area contributed by atoms with Crippen LogP contribution in [0.4, 0.5) is 5.69 Å². The largest absolute Gasteiger partial charge is 0.497 e. The van der Waals surface area contributed by atoms with Crippen molar-refractivity contribution in [2.75, 3.05) is 12.4 Å². The molecule has 0 saturated heterocycles. The first-order valence-corrected chi connectivity index (χ1v) is 9.86. The maximum atomic E-state index is 12.7. The molecule has 1 heterocycles. The van der Waals surface area contributed by atoms with Crippen molar-refractivity contribution in [2.24, 2.45) is 0 Å². The van der Waals surface area contributed by atoms with E-state index in [4.69, 9.17) is 4.74 Å². The van der Waals surface area contributed by atoms with Gasteiger partial charge in [0.25, 0.3) is 0 Å². The van der Waals surface area contributed by atoms with Gasteiger partial charge in [0.1, 0.15) is 5.75 Å². The Bertz CT molecular complexity index is 1080. The highest BCUT2D eigenvalue weighted by Gasteiger charge is 2.17. The van der Waals surface area contributed by atoms with Gasteiger partial charge in [-0.3, -0.25) is 9.78 Å². The van der Waals surface area contributed by atoms with E-state index in [1.807, 2.05) is 6.07 Å². The lowest BCUT2D eigenvalue weighted by atomic mass is 10.2. The molecule has 0 unspecified atom stereocenters. The number of benzene rings is 2. The van der Waals surface area contributed by atoms with E-state index in [9.17, 15) is 13.2 Å². The third-order valence-electron chi connectivity index (χ3n) is 3.91. The van der Waals surface area contributed by atoms with Crippen LogP contribution in [0.5, 0.6) is 5.75 Å². The smallest absolute Gasteiger partial charge is 0.248 e. The van der Waals surface area contributed by atoms with Gasteiger partial charge >= 0.3 is 0 Å². The number of ether oxygens (including phenoxy) is 1. The maximum absolute atomic E-state index is 12.7. The Morgan fingerprint density at radius 3 is 2.21 bits per heavy atom. The summed E-state index contributed by atoms with van der Waals surface area (Å²) >= 11 is 0. The van der Waals surface area contributed by atoms with Gasteiger partial charge in [-0.25, -0.2) is 8.42 Å². The molecule has 0 aliphatic rings. The summed E-state index contributed by atoms with van der Waals surface area (Å²) in [5, 5.41) is 2.69. The Labute approximate surface area is 163 Å². The molecule has 1 amide bonds. The van der Waals surface area contributed by atoms with E-state index in [0.29, 0.717) is 11.4 Å². The molecule has 0 fully saturated rings. The second-order valence-electron chi connectivity index (χ2n) is 5.81. The lowest BCUT2D eigenvalue weighted by Crippen LogP contribution is -2.08. The molecule has 1 N–H and O–H groups in total. The normalized spacial score (nSPS) is 11.3. The van der Waals surface area contributed by atoms with Gasteiger partial charge in [0.2, 0.25) is 15.7 Å². The van der Waals surface area contributed by atoms with Crippen LogP contribution in [0.3, 0.4) is 0 Å². The molecule has 0 aliphatic heterocycles. The quantitative estimate of drug-likeness (QED) is 0.646. The molecule has 0 bridgehead atoms. The molecule has 142 valence electrons. The molecule has 0 spiro atoms. The number of hydrogen-bond acceptors (Lipinski definition) is 5. The summed E-state index contributed by atoms with van der Waals surface area (Å²) < 4.78 is 30.4. The van der Waals surface area contributed by atoms with Gasteiger partial charge in [0.05, 0.1) is 16.9 Å². The highest BCUT2D eigenvalue weighted by molar-refractivity contribution is 7.91. The number of amides is 1. The van der Waals surface area contributed by atoms with Crippen molar-refractivity contribution in [1.29, 1.82) is 0 Å². The van der Waals surface area contributed by atoms with Gasteiger partial charge in [-0.1, -0.05) is 6.07 Å². The van der Waals surface area contributed by atoms with Gasteiger partial charge in [0, 0.05) is 24.2 Å². The van der Waals surface area contributed by atoms with Gasteiger partial charge < -0.3 is 10.1 Å². The van der Waals surface area contributed by atoms with Gasteiger partial charge in [-0.2, -0.15) is 0 Å². The minimum absolute atomic E-state index is 0.140. The molecule has 1 aromatic heterocycles. The average Bonchev–Trinajstić information content (AvgIpc) is 2.73. The van der Waals surface area contributed by atoms with Crippen LogP contribution in [0.15, 0.2) is 88.9 Å². The third kappa shape index (κ3) is 4.63. The van der Waals surface area contributed by atoms with E-state index in [1.165, 1.54) is 37.5 Å². The Hall–Kier alpha value is -3.45. The standard InChI is InChI=1S/C21H18N2O4S/c1-27-18-7-11-20(12-8-18)28(25,26)19-9-5-17(6-10-19)23-21(24)13-4-16-3-2-14-22-15-16/h2-15H,1H3,(H,23,24)/b13-4+. The number of carbonyl (C=O) groups is 1. The van der Waals surface area contributed by atoms with E-state index < -0.39 is 9.84 Å². The van der Waals surface area contributed by atoms with Crippen LogP contribution < -0.4 is 10.1 Å². The van der Waals surface area contributed by atoms with E-state index >= 15 is 0 Å². The molecule has 7 heteroatoms. The van der Waals surface area contributed by atoms with Crippen molar-refractivity contribution in [2.45, 2.75) is 9.79 Å². The summed E-state index contributed by atoms with van der Waals surface area (Å²) in [5.74, 6) is 0.256. The van der Waals surface area contributed by atoms with Crippen molar-refractivity contribution in [3.63, 3.8) is 0 Å². The predicted molar refractivity (Wildman–Crippen MR) is 107 cm³/mol. The Morgan fingerprint density at radius 1 is 1.00 bits per heavy atom. The summed E-state index contributed by atoms with van der Waals surface area (Å²) in [6.45, 7) is 0. The topological polar surface area (TPSA) is 85.4 Å². The summed E-state index contributed by atoms with van der Waals surface area (Å²) in [6.07, 6.45) is 6.32. The second kappa shape index (κ2) is 8.49. The van der Waals surface area contributed by atoms with Crippen LogP contribution in [-0.4, -0.2) is 26.4 Å². The number of carbonyl (C=O) groups excluding carboxylic acids is 1. The number of methoxy groups -OCH3 is 1. The number of pyridine rings is 1. The van der Waals surface area contributed by atoms with Crippen LogP contribution in [0.25, 0.3) is 6.08 Å². The minimum Gasteiger partial charge on any atom is -0.497 e. The molecular formula is C21H18N2O4S. The highest BCUT2D eigenvalue weighted by atomic mass is 32.2. The fourth-order valence-corrected chi connectivity index (χ4v) is 3.70. The van der Waals surface area contributed by atoms with Crippen LogP contribution in [-0.2, 0) is 14.6 Å². The summed E-state index contributed by atoms with van der Waals surface area (Å²) in [6, 6.07) is 15.8. The van der Waals surface area contributed by atoms with Crippen molar-refractivity contribution < 1.29 is 17.9 Å². The molecule has 0 atom stereocenters. The Balaban J connectivity index is 1.70. The number of aromatic nitrogens is 1. The summed E-state index contributed by atoms with van der Waals surface area (Å²) in [4.78, 5) is 16.3. The average molecular weight is 394 g/mol. The van der Waals surface area contributed by atoms with Crippen molar-refractivity contribution in [3.05, 3.63) is 84.7 Å². The van der Waals surface area contributed by atoms with Crippen LogP contribution in [0, 0.1) is 0 Å². The van der Waals surface area contributed by atoms with Gasteiger partial charge in [-0.15, -0.1) is 0 Å². The van der Waals surface area contributed by atoms with E-state index in [0.717, 1.165) is 5.56 Å². The zero-order valence-corrected chi connectivity index (χ0v) is 15.9. The van der Waals surface area contributed by atoms with E-state index in [2.05, 4.69) is 10.3 Å². The number of sulfone groups is 1. The maximum Gasteiger partial charge on any atom is 0.248 e. The fourth-order valence-electron chi connectivity index (χ4n) is 2.44. The zero-order chi connectivity index (χ0) is 20.0. The number of nitrogens with one attached hydrogen (secondary N) is 1. The van der Waals surface area contributed by atoms with Crippen molar-refractivity contribution in [3.8, 4) is 5.75 Å². The molecule has 0 saturated carbocycles. The van der Waals surface area contributed by atoms with Gasteiger partial charge in [0.15, 0.2) is 0 Å². The Morgan fingerprint density at radius 2 is 1.64 bits per heavy atom. The summed E-state index contributed by atoms with van der Waals surface area (Å²) in [7, 11) is -2.13.